The molecule has 2 heteroatoms. The van der Waals surface area contributed by atoms with E-state index in [-0.39, 0.29) is 10.8 Å². The minimum Gasteiger partial charge on any atom is -0.500 e. The summed E-state index contributed by atoms with van der Waals surface area (Å²) < 4.78 is 5.48. The van der Waals surface area contributed by atoms with E-state index in [9.17, 15) is 4.79 Å². The van der Waals surface area contributed by atoms with Crippen LogP contribution in [0.15, 0.2) is 11.8 Å². The fourth-order valence-electron chi connectivity index (χ4n) is 4.62. The van der Waals surface area contributed by atoms with Crippen LogP contribution >= 0.6 is 0 Å². The minimum absolute atomic E-state index is 0.0711. The van der Waals surface area contributed by atoms with Crippen molar-refractivity contribution in [3.05, 3.63) is 11.8 Å². The topological polar surface area (TPSA) is 26.3 Å². The Balaban J connectivity index is 2.18. The monoisotopic (exact) mass is 206 g/mol. The lowest BCUT2D eigenvalue weighted by molar-refractivity contribution is -0.127. The van der Waals surface area contributed by atoms with Crippen molar-refractivity contribution < 1.29 is 9.53 Å². The maximum absolute atomic E-state index is 12.3. The predicted octanol–water partition coefficient (Wildman–Crippen LogP) is 2.69. The standard InChI is InChI=1S/C13H18O2/c1-9-4-7-12-5-3-6-13(9,12)10(14)8-11(12)15-2/h8-9H,3-7H2,1-2H3/t9-,12-,13+/m1/s1. The minimum atomic E-state index is -0.0711. The number of rotatable bonds is 1. The molecule has 3 atom stereocenters. The smallest absolute Gasteiger partial charge is 0.166 e. The van der Waals surface area contributed by atoms with Gasteiger partial charge in [0.1, 0.15) is 5.76 Å². The van der Waals surface area contributed by atoms with Gasteiger partial charge in [0.2, 0.25) is 0 Å². The molecule has 0 aromatic carbocycles. The molecule has 3 aliphatic rings. The van der Waals surface area contributed by atoms with Gasteiger partial charge in [-0.15, -0.1) is 0 Å². The molecule has 0 saturated heterocycles. The van der Waals surface area contributed by atoms with Crippen LogP contribution in [0.25, 0.3) is 0 Å². The van der Waals surface area contributed by atoms with Crippen molar-refractivity contribution in [2.75, 3.05) is 7.11 Å². The first-order chi connectivity index (χ1) is 7.17. The Labute approximate surface area is 90.7 Å². The van der Waals surface area contributed by atoms with Crippen LogP contribution in [0.4, 0.5) is 0 Å². The Hall–Kier alpha value is -0.790. The number of allylic oxidation sites excluding steroid dienone is 2. The van der Waals surface area contributed by atoms with Crippen molar-refractivity contribution >= 4 is 5.78 Å². The van der Waals surface area contributed by atoms with Crippen molar-refractivity contribution in [1.29, 1.82) is 0 Å². The van der Waals surface area contributed by atoms with E-state index in [1.165, 1.54) is 12.8 Å². The van der Waals surface area contributed by atoms with Crippen LogP contribution in [0.2, 0.25) is 0 Å². The summed E-state index contributed by atoms with van der Waals surface area (Å²) in [5, 5.41) is 0. The lowest BCUT2D eigenvalue weighted by atomic mass is 9.66. The maximum atomic E-state index is 12.3. The fraction of sp³-hybridized carbons (Fsp3) is 0.769. The van der Waals surface area contributed by atoms with E-state index in [0.29, 0.717) is 11.7 Å². The highest BCUT2D eigenvalue weighted by atomic mass is 16.5. The van der Waals surface area contributed by atoms with Crippen molar-refractivity contribution in [1.82, 2.24) is 0 Å². The van der Waals surface area contributed by atoms with Gasteiger partial charge in [0.15, 0.2) is 5.78 Å². The highest BCUT2D eigenvalue weighted by Crippen LogP contribution is 2.71. The second-order valence-corrected chi connectivity index (χ2v) is 5.42. The molecule has 0 bridgehead atoms. The van der Waals surface area contributed by atoms with Crippen LogP contribution < -0.4 is 0 Å². The molecule has 0 aromatic rings. The molecule has 2 saturated carbocycles. The van der Waals surface area contributed by atoms with Crippen LogP contribution in [0.3, 0.4) is 0 Å². The lowest BCUT2D eigenvalue weighted by Gasteiger charge is -2.36. The average Bonchev–Trinajstić information content (AvgIpc) is 2.79. The Kier molecular flexibility index (Phi) is 1.67. The fourth-order valence-corrected chi connectivity index (χ4v) is 4.62. The van der Waals surface area contributed by atoms with Crippen LogP contribution in [0.1, 0.15) is 39.0 Å². The van der Waals surface area contributed by atoms with Gasteiger partial charge < -0.3 is 4.74 Å². The van der Waals surface area contributed by atoms with Gasteiger partial charge in [-0.3, -0.25) is 4.79 Å². The number of methoxy groups -OCH3 is 1. The van der Waals surface area contributed by atoms with Gasteiger partial charge in [-0.1, -0.05) is 13.3 Å². The molecule has 3 rings (SSSR count). The summed E-state index contributed by atoms with van der Waals surface area (Å²) >= 11 is 0. The van der Waals surface area contributed by atoms with Crippen LogP contribution in [-0.4, -0.2) is 12.9 Å². The molecule has 3 aliphatic carbocycles. The van der Waals surface area contributed by atoms with Crippen molar-refractivity contribution in [2.45, 2.75) is 39.0 Å². The summed E-state index contributed by atoms with van der Waals surface area (Å²) in [7, 11) is 1.71. The molecule has 2 nitrogen and oxygen atoms in total. The number of ether oxygens (including phenoxy) is 1. The van der Waals surface area contributed by atoms with Gasteiger partial charge in [0.25, 0.3) is 0 Å². The largest absolute Gasteiger partial charge is 0.500 e. The molecule has 0 radical (unpaired) electrons. The molecule has 0 amide bonds. The lowest BCUT2D eigenvalue weighted by Crippen LogP contribution is -2.38. The van der Waals surface area contributed by atoms with Crippen LogP contribution in [0, 0.1) is 16.7 Å². The molecule has 0 N–H and O–H groups in total. The van der Waals surface area contributed by atoms with Crippen molar-refractivity contribution in [2.24, 2.45) is 16.7 Å². The summed E-state index contributed by atoms with van der Waals surface area (Å²) in [6, 6.07) is 0. The van der Waals surface area contributed by atoms with Gasteiger partial charge in [0.05, 0.1) is 7.11 Å². The molecule has 2 fully saturated rings. The van der Waals surface area contributed by atoms with E-state index < -0.39 is 0 Å². The summed E-state index contributed by atoms with van der Waals surface area (Å²) in [5.41, 5.74) is 0.0244. The Morgan fingerprint density at radius 1 is 1.40 bits per heavy atom. The summed E-state index contributed by atoms with van der Waals surface area (Å²) in [4.78, 5) is 12.3. The number of ketones is 1. The number of hydrogen-bond donors (Lipinski definition) is 0. The second kappa shape index (κ2) is 2.66. The molecule has 0 spiro atoms. The van der Waals surface area contributed by atoms with E-state index in [4.69, 9.17) is 4.74 Å². The Bertz CT molecular complexity index is 358. The number of hydrogen-bond acceptors (Lipinski definition) is 2. The second-order valence-electron chi connectivity index (χ2n) is 5.42. The van der Waals surface area contributed by atoms with Gasteiger partial charge >= 0.3 is 0 Å². The normalized spacial score (nSPS) is 47.7. The van der Waals surface area contributed by atoms with E-state index in [0.717, 1.165) is 25.0 Å². The van der Waals surface area contributed by atoms with Crippen molar-refractivity contribution in [3.8, 4) is 0 Å². The molecule has 15 heavy (non-hydrogen) atoms. The molecule has 82 valence electrons. The Morgan fingerprint density at radius 2 is 2.20 bits per heavy atom. The van der Waals surface area contributed by atoms with Gasteiger partial charge in [-0.05, 0) is 31.6 Å². The first-order valence-corrected chi connectivity index (χ1v) is 5.98. The highest BCUT2D eigenvalue weighted by molar-refractivity contribution is 6.00. The predicted molar refractivity (Wildman–Crippen MR) is 57.2 cm³/mol. The third kappa shape index (κ3) is 0.777. The molecule has 0 heterocycles. The van der Waals surface area contributed by atoms with Crippen LogP contribution in [0.5, 0.6) is 0 Å². The quantitative estimate of drug-likeness (QED) is 0.659. The molecule has 0 aromatic heterocycles. The zero-order valence-corrected chi connectivity index (χ0v) is 9.51. The van der Waals surface area contributed by atoms with Crippen molar-refractivity contribution in [3.63, 3.8) is 0 Å². The van der Waals surface area contributed by atoms with E-state index in [1.54, 1.807) is 13.2 Å². The number of carbonyl (C=O) groups is 1. The zero-order chi connectivity index (χ0) is 10.7. The molecule has 0 unspecified atom stereocenters. The first kappa shape index (κ1) is 9.44. The first-order valence-electron chi connectivity index (χ1n) is 5.98. The van der Waals surface area contributed by atoms with Gasteiger partial charge in [0, 0.05) is 16.9 Å². The van der Waals surface area contributed by atoms with Gasteiger partial charge in [-0.25, -0.2) is 0 Å². The van der Waals surface area contributed by atoms with E-state index >= 15 is 0 Å². The van der Waals surface area contributed by atoms with Crippen LogP contribution in [-0.2, 0) is 9.53 Å². The third-order valence-corrected chi connectivity index (χ3v) is 5.27. The molecular weight excluding hydrogens is 188 g/mol. The average molecular weight is 206 g/mol. The molecule has 0 aliphatic heterocycles. The highest BCUT2D eigenvalue weighted by Gasteiger charge is 2.69. The SMILES string of the molecule is COC1=CC(=O)[C@@]23CCC[C@@]12CC[C@H]3C. The Morgan fingerprint density at radius 3 is 2.93 bits per heavy atom. The summed E-state index contributed by atoms with van der Waals surface area (Å²) in [6.45, 7) is 2.25. The maximum Gasteiger partial charge on any atom is 0.166 e. The van der Waals surface area contributed by atoms with E-state index in [2.05, 4.69) is 6.92 Å². The van der Waals surface area contributed by atoms with E-state index in [1.807, 2.05) is 0 Å². The number of carbonyl (C=O) groups excluding carboxylic acids is 1. The molecular formula is C13H18O2. The summed E-state index contributed by atoms with van der Waals surface area (Å²) in [5.74, 6) is 1.87. The zero-order valence-electron chi connectivity index (χ0n) is 9.51. The summed E-state index contributed by atoms with van der Waals surface area (Å²) in [6.07, 6.45) is 7.55. The van der Waals surface area contributed by atoms with Gasteiger partial charge in [-0.2, -0.15) is 0 Å². The third-order valence-electron chi connectivity index (χ3n) is 5.27.